The van der Waals surface area contributed by atoms with E-state index in [0.717, 1.165) is 0 Å². The average Bonchev–Trinajstić information content (AvgIpc) is 2.13. The second kappa shape index (κ2) is 5.72. The summed E-state index contributed by atoms with van der Waals surface area (Å²) < 4.78 is 0. The molecule has 0 heterocycles. The highest BCUT2D eigenvalue weighted by Crippen LogP contribution is 2.37. The van der Waals surface area contributed by atoms with Crippen LogP contribution in [0.25, 0.3) is 0 Å². The molecule has 0 aliphatic rings. The van der Waals surface area contributed by atoms with Crippen molar-refractivity contribution in [2.75, 3.05) is 0 Å². The van der Waals surface area contributed by atoms with Crippen molar-refractivity contribution in [3.63, 3.8) is 0 Å². The Labute approximate surface area is 97.2 Å². The van der Waals surface area contributed by atoms with Gasteiger partial charge in [-0.15, -0.1) is 0 Å². The molecule has 0 fully saturated rings. The first-order valence-corrected chi connectivity index (χ1v) is 6.43. The van der Waals surface area contributed by atoms with E-state index in [-0.39, 0.29) is 5.41 Å². The summed E-state index contributed by atoms with van der Waals surface area (Å²) in [5.41, 5.74) is 2.21. The van der Waals surface area contributed by atoms with Crippen LogP contribution in [-0.2, 0) is 0 Å². The van der Waals surface area contributed by atoms with E-state index in [2.05, 4.69) is 48.1 Å². The summed E-state index contributed by atoms with van der Waals surface area (Å²) in [7, 11) is 0. The van der Waals surface area contributed by atoms with E-state index in [0.29, 0.717) is 5.41 Å². The second-order valence-electron chi connectivity index (χ2n) is 6.27. The maximum Gasteiger partial charge on any atom is -0.0176 e. The highest BCUT2D eigenvalue weighted by molar-refractivity contribution is 5.05. The lowest BCUT2D eigenvalue weighted by atomic mass is 9.75. The highest BCUT2D eigenvalue weighted by Gasteiger charge is 2.23. The maximum atomic E-state index is 4.22. The summed E-state index contributed by atoms with van der Waals surface area (Å²) in [6, 6.07) is 0. The molecule has 0 saturated heterocycles. The third kappa shape index (κ3) is 5.39. The monoisotopic (exact) mass is 210 g/mol. The van der Waals surface area contributed by atoms with Crippen molar-refractivity contribution < 1.29 is 0 Å². The second-order valence-corrected chi connectivity index (χ2v) is 6.27. The van der Waals surface area contributed by atoms with E-state index >= 15 is 0 Å². The van der Waals surface area contributed by atoms with E-state index in [1.165, 1.54) is 37.7 Å². The van der Waals surface area contributed by atoms with E-state index in [1.54, 1.807) is 0 Å². The van der Waals surface area contributed by atoms with Crippen molar-refractivity contribution in [3.8, 4) is 0 Å². The van der Waals surface area contributed by atoms with Crippen LogP contribution < -0.4 is 0 Å². The molecule has 0 rings (SSSR count). The third-order valence-corrected chi connectivity index (χ3v) is 3.80. The number of allylic oxidation sites excluding steroid dienone is 1. The van der Waals surface area contributed by atoms with Crippen LogP contribution in [0.1, 0.15) is 73.6 Å². The maximum absolute atomic E-state index is 4.22. The molecular weight excluding hydrogens is 180 g/mol. The molecule has 0 aromatic rings. The molecule has 0 aromatic carbocycles. The quantitative estimate of drug-likeness (QED) is 0.502. The van der Waals surface area contributed by atoms with Crippen LogP contribution >= 0.6 is 0 Å². The van der Waals surface area contributed by atoms with Crippen LogP contribution in [0.15, 0.2) is 12.2 Å². The molecule has 0 nitrogen and oxygen atoms in total. The summed E-state index contributed by atoms with van der Waals surface area (Å²) in [5, 5.41) is 0. The van der Waals surface area contributed by atoms with Gasteiger partial charge in [0.25, 0.3) is 0 Å². The van der Waals surface area contributed by atoms with Crippen molar-refractivity contribution in [1.29, 1.82) is 0 Å². The lowest BCUT2D eigenvalue weighted by molar-refractivity contribution is 0.252. The molecule has 0 radical (unpaired) electrons. The Balaban J connectivity index is 4.18. The van der Waals surface area contributed by atoms with Gasteiger partial charge in [0.05, 0.1) is 0 Å². The molecule has 0 saturated carbocycles. The minimum absolute atomic E-state index is 0.279. The topological polar surface area (TPSA) is 0 Å². The fourth-order valence-corrected chi connectivity index (χ4v) is 1.91. The molecule has 1 atom stereocenters. The smallest absolute Gasteiger partial charge is 0.0176 e. The minimum Gasteiger partial charge on any atom is -0.0993 e. The summed E-state index contributed by atoms with van der Waals surface area (Å²) in [4.78, 5) is 0. The zero-order valence-electron chi connectivity index (χ0n) is 11.7. The van der Waals surface area contributed by atoms with Crippen LogP contribution in [0.5, 0.6) is 0 Å². The van der Waals surface area contributed by atoms with Crippen molar-refractivity contribution in [1.82, 2.24) is 0 Å². The molecule has 0 aliphatic carbocycles. The lowest BCUT2D eigenvalue weighted by Gasteiger charge is -2.30. The molecule has 0 heteroatoms. The van der Waals surface area contributed by atoms with E-state index in [9.17, 15) is 0 Å². The predicted molar refractivity (Wildman–Crippen MR) is 71.1 cm³/mol. The van der Waals surface area contributed by atoms with Crippen LogP contribution in [-0.4, -0.2) is 0 Å². The highest BCUT2D eigenvalue weighted by atomic mass is 14.3. The van der Waals surface area contributed by atoms with Gasteiger partial charge >= 0.3 is 0 Å². The molecule has 90 valence electrons. The number of rotatable bonds is 6. The first-order valence-electron chi connectivity index (χ1n) is 6.43. The fraction of sp³-hybridized carbons (Fsp3) is 0.867. The zero-order chi connectivity index (χ0) is 12.1. The Hall–Kier alpha value is -0.260. The van der Waals surface area contributed by atoms with Gasteiger partial charge in [-0.3, -0.25) is 0 Å². The van der Waals surface area contributed by atoms with Crippen LogP contribution in [0.3, 0.4) is 0 Å². The third-order valence-electron chi connectivity index (χ3n) is 3.80. The molecule has 15 heavy (non-hydrogen) atoms. The summed E-state index contributed by atoms with van der Waals surface area (Å²) in [6.07, 6.45) is 6.42. The van der Waals surface area contributed by atoms with Crippen molar-refractivity contribution >= 4 is 0 Å². The van der Waals surface area contributed by atoms with Crippen molar-refractivity contribution in [2.45, 2.75) is 73.6 Å². The van der Waals surface area contributed by atoms with Crippen LogP contribution in [0.2, 0.25) is 0 Å². The van der Waals surface area contributed by atoms with Gasteiger partial charge in [-0.2, -0.15) is 0 Å². The number of hydrogen-bond acceptors (Lipinski definition) is 0. The number of hydrogen-bond donors (Lipinski definition) is 0. The minimum atomic E-state index is 0.279. The van der Waals surface area contributed by atoms with E-state index < -0.39 is 0 Å². The molecular formula is C15H30. The van der Waals surface area contributed by atoms with E-state index in [4.69, 9.17) is 0 Å². The Morgan fingerprint density at radius 1 is 1.00 bits per heavy atom. The first kappa shape index (κ1) is 14.7. The normalized spacial score (nSPS) is 16.1. The summed E-state index contributed by atoms with van der Waals surface area (Å²) in [6.45, 7) is 18.0. The Morgan fingerprint density at radius 3 is 1.87 bits per heavy atom. The molecule has 0 spiro atoms. The Kier molecular flexibility index (Phi) is 5.62. The molecule has 0 aromatic heterocycles. The molecule has 0 N–H and O–H groups in total. The van der Waals surface area contributed by atoms with E-state index in [1.807, 2.05) is 0 Å². The van der Waals surface area contributed by atoms with Gasteiger partial charge in [0.1, 0.15) is 0 Å². The molecule has 0 bridgehead atoms. The van der Waals surface area contributed by atoms with Gasteiger partial charge < -0.3 is 0 Å². The van der Waals surface area contributed by atoms with Gasteiger partial charge in [0.2, 0.25) is 0 Å². The zero-order valence-corrected chi connectivity index (χ0v) is 11.7. The van der Waals surface area contributed by atoms with Gasteiger partial charge in [0.15, 0.2) is 0 Å². The van der Waals surface area contributed by atoms with Crippen LogP contribution in [0.4, 0.5) is 0 Å². The first-order chi connectivity index (χ1) is 6.75. The van der Waals surface area contributed by atoms with Gasteiger partial charge in [0, 0.05) is 0 Å². The fourth-order valence-electron chi connectivity index (χ4n) is 1.91. The standard InChI is InChI=1S/C15H30/c1-8-11-15(7,9-2)12-10-13(3)14(4,5)6/h3,8-12H2,1-2,4-7H3/t15-/m0/s1. The Bertz CT molecular complexity index is 195. The van der Waals surface area contributed by atoms with Gasteiger partial charge in [-0.1, -0.05) is 66.5 Å². The molecule has 0 aliphatic heterocycles. The largest absolute Gasteiger partial charge is 0.0993 e. The SMILES string of the molecule is C=C(CC[C@@](C)(CC)CCC)C(C)(C)C. The molecule has 0 unspecified atom stereocenters. The van der Waals surface area contributed by atoms with Crippen molar-refractivity contribution in [3.05, 3.63) is 12.2 Å². The molecule has 0 amide bonds. The predicted octanol–water partition coefficient (Wildman–Crippen LogP) is 5.59. The average molecular weight is 210 g/mol. The van der Waals surface area contributed by atoms with Gasteiger partial charge in [-0.25, -0.2) is 0 Å². The van der Waals surface area contributed by atoms with Gasteiger partial charge in [-0.05, 0) is 30.1 Å². The van der Waals surface area contributed by atoms with Crippen molar-refractivity contribution in [2.24, 2.45) is 10.8 Å². The van der Waals surface area contributed by atoms with Crippen LogP contribution in [0, 0.1) is 10.8 Å². The summed E-state index contributed by atoms with van der Waals surface area (Å²) >= 11 is 0. The summed E-state index contributed by atoms with van der Waals surface area (Å²) in [5.74, 6) is 0. The Morgan fingerprint density at radius 2 is 1.53 bits per heavy atom. The lowest BCUT2D eigenvalue weighted by Crippen LogP contribution is -2.17.